The maximum absolute atomic E-state index is 13.1. The van der Waals surface area contributed by atoms with Crippen molar-refractivity contribution >= 4 is 116 Å². The molecule has 108 heavy (non-hydrogen) atoms. The molecule has 0 saturated heterocycles. The number of primary amides is 2. The van der Waals surface area contributed by atoms with Crippen LogP contribution in [0.3, 0.4) is 0 Å². The fraction of sp³-hybridized carbons (Fsp3) is 0.387. The molecular formula is C75H82N14O18S. The van der Waals surface area contributed by atoms with Crippen molar-refractivity contribution in [2.75, 3.05) is 13.1 Å². The molecule has 14 N–H and O–H groups in total. The number of hydrogen-bond donors (Lipinski definition) is 12. The second-order valence-corrected chi connectivity index (χ2v) is 27.3. The van der Waals surface area contributed by atoms with E-state index in [1.165, 1.54) is 30.5 Å². The van der Waals surface area contributed by atoms with Crippen LogP contribution in [0.4, 0.5) is 0 Å². The van der Waals surface area contributed by atoms with Crippen molar-refractivity contribution in [3.05, 3.63) is 130 Å². The van der Waals surface area contributed by atoms with Gasteiger partial charge in [-0.25, -0.2) is 0 Å². The molecule has 32 nitrogen and oxygen atoms in total. The zero-order chi connectivity index (χ0) is 78.3. The maximum atomic E-state index is 13.1. The van der Waals surface area contributed by atoms with Gasteiger partial charge in [0.15, 0.2) is 11.6 Å². The summed E-state index contributed by atoms with van der Waals surface area (Å²) < 4.78 is 3.15. The number of nitrogens with two attached hydrogens (primary N) is 2. The molecular weight excluding hydrogens is 1420 g/mol. The van der Waals surface area contributed by atoms with Crippen molar-refractivity contribution in [2.24, 2.45) is 29.2 Å². The first kappa shape index (κ1) is 81.3. The minimum Gasteiger partial charge on any atom is -0.481 e. The zero-order valence-corrected chi connectivity index (χ0v) is 60.1. The van der Waals surface area contributed by atoms with Crippen molar-refractivity contribution < 1.29 is 87.5 Å². The molecule has 33 heteroatoms. The van der Waals surface area contributed by atoms with E-state index in [-0.39, 0.29) is 44.4 Å². The third kappa shape index (κ3) is 23.8. The van der Waals surface area contributed by atoms with Crippen molar-refractivity contribution in [1.82, 2.24) is 61.9 Å². The molecule has 0 fully saturated rings. The minimum absolute atomic E-state index is 0.0693. The lowest BCUT2D eigenvalue weighted by Crippen LogP contribution is -2.49. The fourth-order valence-electron chi connectivity index (χ4n) is 12.1. The standard InChI is InChI=1S/C75H82N14O18S/c1-41-30-47-17-16-46-12-4-5-13-54(46)68(47)67(41)69-55-31-44(10-6-8-28-88-39-50(84-86-88)20-24-61(92)82-57(35-65(98)99)74(106)78-37-52(90)33-48(18-26-63(94)95)72(104)80-42(2)70(76)102)14-22-59(55)108-60-23-15-45(32-56(60)69)11-7-9-29-89-40-51(85-87-89)21-25-62(93)83-58(36-66(100)101)75(107)79-38-53(91)34-49(19-27-64(96)97)73(105)81-43(3)71(77)103/h4-5,12-17,22-23,31-32,39-43,48-49,57-58H,8-9,18-21,24-30,33-38H2,1-3H3,(H2,76,102)(H2,77,103)(H,78,106)(H,79,107)(H,80,104)(H,81,105)(H,82,92)(H,83,93)(H,94,95)(H,96,97)(H,98,99)(H,100,101)/t41-,42+,43+,48-,49?,57+,58+/m1/s1. The Morgan fingerprint density at radius 2 is 1.01 bits per heavy atom. The zero-order valence-electron chi connectivity index (χ0n) is 59.3. The summed E-state index contributed by atoms with van der Waals surface area (Å²) in [4.78, 5) is 175. The molecule has 1 aliphatic heterocycles. The third-order valence-corrected chi connectivity index (χ3v) is 18.9. The van der Waals surface area contributed by atoms with Crippen molar-refractivity contribution in [3.8, 4) is 23.7 Å². The van der Waals surface area contributed by atoms with E-state index in [2.05, 4.69) is 138 Å². The normalized spacial score (nSPS) is 14.8. The number of nitrogens with one attached hydrogen (secondary N) is 6. The van der Waals surface area contributed by atoms with E-state index in [9.17, 15) is 77.3 Å². The number of aliphatic carboxylic acids is 4. The van der Waals surface area contributed by atoms with Crippen molar-refractivity contribution in [3.63, 3.8) is 0 Å². The molecule has 1 aliphatic carbocycles. The van der Waals surface area contributed by atoms with Crippen LogP contribution in [0.25, 0.3) is 21.9 Å². The molecule has 0 saturated carbocycles. The Labute approximate surface area is 623 Å². The Balaban J connectivity index is 0.873. The Kier molecular flexibility index (Phi) is 29.0. The SMILES string of the molecule is C[C@@H]1Cc2ccc3ccccc3c2C1=C1c2cc(C#CCCn3cc(CCC(=O)N[C@@H](CC(=O)O)C(=O)NCC(=O)CC(CCC(=O)O)C(=O)N[C@@H](C)C(N)=O)nn3)ccc2Sc2ccc(C#CCCn3cc(CCC(=O)N[C@@H](CC(=O)O)C(=O)NCC(=O)C[C@@H](CCC(=O)O)C(=O)N[C@@H](C)C(N)=O)nn3)cc21. The van der Waals surface area contributed by atoms with Gasteiger partial charge in [-0.05, 0) is 120 Å². The Morgan fingerprint density at radius 1 is 0.556 bits per heavy atom. The summed E-state index contributed by atoms with van der Waals surface area (Å²) in [6.45, 7) is 4.20. The van der Waals surface area contributed by atoms with Gasteiger partial charge in [0.2, 0.25) is 47.3 Å². The minimum atomic E-state index is -1.59. The number of Topliss-reactive ketones (excluding diaryl/α,β-unsaturated/α-hetero) is 2. The quantitative estimate of drug-likeness (QED) is 0.0247. The Morgan fingerprint density at radius 3 is 1.44 bits per heavy atom. The number of amides is 8. The average molecular weight is 1500 g/mol. The van der Waals surface area contributed by atoms with E-state index < -0.39 is 170 Å². The summed E-state index contributed by atoms with van der Waals surface area (Å²) in [6.07, 6.45) is 0.407. The number of rotatable bonds is 38. The predicted octanol–water partition coefficient (Wildman–Crippen LogP) is 2.40. The molecule has 0 spiro atoms. The molecule has 566 valence electrons. The lowest BCUT2D eigenvalue weighted by Gasteiger charge is -2.26. The summed E-state index contributed by atoms with van der Waals surface area (Å²) in [5.41, 5.74) is 19.6. The molecule has 3 heterocycles. The highest BCUT2D eigenvalue weighted by Gasteiger charge is 2.35. The molecule has 1 unspecified atom stereocenters. The molecule has 7 atom stereocenters. The first-order chi connectivity index (χ1) is 51.5. The van der Waals surface area contributed by atoms with Crippen molar-refractivity contribution in [2.45, 2.75) is 164 Å². The molecule has 8 amide bonds. The maximum Gasteiger partial charge on any atom is 0.305 e. The van der Waals surface area contributed by atoms with E-state index in [4.69, 9.17) is 21.7 Å². The van der Waals surface area contributed by atoms with Gasteiger partial charge in [-0.2, -0.15) is 0 Å². The Bertz CT molecular complexity index is 4440. The van der Waals surface area contributed by atoms with Crippen LogP contribution in [0.2, 0.25) is 0 Å². The van der Waals surface area contributed by atoms with Crippen LogP contribution in [0.1, 0.15) is 143 Å². The number of nitrogens with zero attached hydrogens (tertiary/aromatic N) is 6. The number of carboxylic acids is 4. The number of benzene rings is 4. The predicted molar refractivity (Wildman–Crippen MR) is 387 cm³/mol. The van der Waals surface area contributed by atoms with Crippen LogP contribution in [0.5, 0.6) is 0 Å². The van der Waals surface area contributed by atoms with Gasteiger partial charge >= 0.3 is 23.9 Å². The van der Waals surface area contributed by atoms with Crippen LogP contribution < -0.4 is 43.4 Å². The summed E-state index contributed by atoms with van der Waals surface area (Å²) in [5, 5.41) is 70.3. The van der Waals surface area contributed by atoms with Crippen molar-refractivity contribution in [1.29, 1.82) is 0 Å². The van der Waals surface area contributed by atoms with Crippen LogP contribution in [0, 0.1) is 41.4 Å². The number of fused-ring (bicyclic) bond motifs is 5. The summed E-state index contributed by atoms with van der Waals surface area (Å²) >= 11 is 1.66. The molecule has 8 rings (SSSR count). The second kappa shape index (κ2) is 38.6. The van der Waals surface area contributed by atoms with Gasteiger partial charge < -0.3 is 63.8 Å². The van der Waals surface area contributed by atoms with Crippen LogP contribution in [-0.4, -0.2) is 170 Å². The highest BCUT2D eigenvalue weighted by atomic mass is 32.2. The van der Waals surface area contributed by atoms with Crippen LogP contribution >= 0.6 is 11.8 Å². The molecule has 4 aromatic carbocycles. The van der Waals surface area contributed by atoms with Gasteiger partial charge in [0.1, 0.15) is 24.2 Å². The monoisotopic (exact) mass is 1500 g/mol. The number of carbonyl (C=O) groups excluding carboxylic acids is 10. The van der Waals surface area contributed by atoms with E-state index in [1.807, 2.05) is 18.2 Å². The topological polar surface area (TPSA) is 506 Å². The molecule has 6 aromatic rings. The molecule has 0 bridgehead atoms. The number of carbonyl (C=O) groups is 14. The first-order valence-corrected chi connectivity index (χ1v) is 35.5. The largest absolute Gasteiger partial charge is 0.481 e. The van der Waals surface area contributed by atoms with Crippen LogP contribution in [-0.2, 0) is 99.5 Å². The van der Waals surface area contributed by atoms with Gasteiger partial charge in [0.25, 0.3) is 0 Å². The first-order valence-electron chi connectivity index (χ1n) is 34.7. The number of ketones is 2. The fourth-order valence-corrected chi connectivity index (χ4v) is 13.2. The average Bonchev–Trinajstić information content (AvgIpc) is 1.36. The number of carboxylic acid groups (broad SMARTS) is 4. The summed E-state index contributed by atoms with van der Waals surface area (Å²) in [7, 11) is 0. The van der Waals surface area contributed by atoms with Gasteiger partial charge in [-0.1, -0.05) is 89.2 Å². The van der Waals surface area contributed by atoms with E-state index in [0.29, 0.717) is 37.3 Å². The highest BCUT2D eigenvalue weighted by molar-refractivity contribution is 7.99. The summed E-state index contributed by atoms with van der Waals surface area (Å²) in [6, 6.07) is 19.7. The lowest BCUT2D eigenvalue weighted by molar-refractivity contribution is -0.141. The van der Waals surface area contributed by atoms with E-state index in [0.717, 1.165) is 54.8 Å². The third-order valence-electron chi connectivity index (χ3n) is 17.7. The van der Waals surface area contributed by atoms with Gasteiger partial charge in [0.05, 0.1) is 50.4 Å². The smallest absolute Gasteiger partial charge is 0.305 e. The van der Waals surface area contributed by atoms with E-state index >= 15 is 0 Å². The van der Waals surface area contributed by atoms with Gasteiger partial charge in [-0.15, -0.1) is 10.2 Å². The lowest BCUT2D eigenvalue weighted by atomic mass is 9.84. The molecule has 0 radical (unpaired) electrons. The number of aromatic nitrogens is 6. The Hall–Kier alpha value is -12.4. The van der Waals surface area contributed by atoms with Gasteiger partial charge in [-0.3, -0.25) is 76.5 Å². The number of hydrogen-bond acceptors (Lipinski definition) is 19. The van der Waals surface area contributed by atoms with Gasteiger partial charge in [0, 0.05) is 109 Å². The molecule has 2 aromatic heterocycles. The highest BCUT2D eigenvalue weighted by Crippen LogP contribution is 2.53. The second-order valence-electron chi connectivity index (χ2n) is 26.2. The summed E-state index contributed by atoms with van der Waals surface area (Å²) in [5.74, 6) is -2.40. The van der Waals surface area contributed by atoms with E-state index in [1.54, 1.807) is 33.5 Å². The molecule has 2 aliphatic rings. The number of allylic oxidation sites excluding steroid dienone is 1. The van der Waals surface area contributed by atoms with Crippen LogP contribution in [0.15, 0.2) is 95.0 Å². The number of aryl methyl sites for hydroxylation is 4.